The third-order valence-electron chi connectivity index (χ3n) is 2.60. The lowest BCUT2D eigenvalue weighted by atomic mass is 10.2. The molecule has 0 amide bonds. The van der Waals surface area contributed by atoms with E-state index < -0.39 is 0 Å². The Bertz CT molecular complexity index is 732. The third-order valence-corrected chi connectivity index (χ3v) is 5.10. The van der Waals surface area contributed by atoms with E-state index in [1.54, 1.807) is 6.20 Å². The maximum absolute atomic E-state index is 4.41. The van der Waals surface area contributed by atoms with Gasteiger partial charge in [-0.1, -0.05) is 6.07 Å². The number of aromatic nitrogens is 4. The van der Waals surface area contributed by atoms with Crippen molar-refractivity contribution in [3.8, 4) is 11.4 Å². The Hall–Kier alpha value is -0.170. The van der Waals surface area contributed by atoms with Gasteiger partial charge in [-0.15, -0.1) is 0 Å². The third kappa shape index (κ3) is 2.55. The number of halogens is 3. The predicted molar refractivity (Wildman–Crippen MR) is 98.8 cm³/mol. The fourth-order valence-electron chi connectivity index (χ4n) is 1.80. The molecule has 0 atom stereocenters. The second kappa shape index (κ2) is 5.68. The van der Waals surface area contributed by atoms with Crippen LogP contribution >= 0.6 is 67.8 Å². The molecule has 1 aromatic carbocycles. The molecule has 0 N–H and O–H groups in total. The molecule has 7 heteroatoms. The zero-order valence-electron chi connectivity index (χ0n) is 9.46. The largest absolute Gasteiger partial charge is 0.225 e. The lowest BCUT2D eigenvalue weighted by molar-refractivity contribution is 0.801. The maximum atomic E-state index is 4.41. The molecule has 2 aromatic heterocycles. The summed E-state index contributed by atoms with van der Waals surface area (Å²) in [4.78, 5) is 0. The van der Waals surface area contributed by atoms with Gasteiger partial charge in [-0.25, -0.2) is 9.36 Å². The van der Waals surface area contributed by atoms with Crippen LogP contribution in [0.1, 0.15) is 0 Å². The Labute approximate surface area is 151 Å². The SMILES string of the molecule is Ic1cccc(-n2nccc2I)c1-n1nccc1I. The molecule has 3 rings (SSSR count). The van der Waals surface area contributed by atoms with Gasteiger partial charge < -0.3 is 0 Å². The Morgan fingerprint density at radius 2 is 1.42 bits per heavy atom. The van der Waals surface area contributed by atoms with Crippen molar-refractivity contribution in [3.05, 3.63) is 53.7 Å². The number of para-hydroxylation sites is 1. The van der Waals surface area contributed by atoms with Crippen LogP contribution in [0.4, 0.5) is 0 Å². The molecule has 0 radical (unpaired) electrons. The van der Waals surface area contributed by atoms with E-state index in [-0.39, 0.29) is 0 Å². The van der Waals surface area contributed by atoms with Gasteiger partial charge in [0.1, 0.15) is 13.1 Å². The van der Waals surface area contributed by atoms with Gasteiger partial charge in [-0.05, 0) is 92.0 Å². The zero-order chi connectivity index (χ0) is 13.4. The van der Waals surface area contributed by atoms with Crippen LogP contribution in [0.5, 0.6) is 0 Å². The number of hydrogen-bond donors (Lipinski definition) is 0. The second-order valence-electron chi connectivity index (χ2n) is 3.74. The fraction of sp³-hybridized carbons (Fsp3) is 0. The van der Waals surface area contributed by atoms with Gasteiger partial charge in [0.05, 0.1) is 18.1 Å². The summed E-state index contributed by atoms with van der Waals surface area (Å²) < 4.78 is 7.15. The van der Waals surface area contributed by atoms with E-state index in [1.165, 1.54) is 0 Å². The van der Waals surface area contributed by atoms with Gasteiger partial charge in [-0.3, -0.25) is 0 Å². The Balaban J connectivity index is 2.31. The minimum Gasteiger partial charge on any atom is -0.225 e. The van der Waals surface area contributed by atoms with Crippen molar-refractivity contribution in [1.82, 2.24) is 19.6 Å². The highest BCUT2D eigenvalue weighted by Gasteiger charge is 2.15. The lowest BCUT2D eigenvalue weighted by Crippen LogP contribution is -2.09. The van der Waals surface area contributed by atoms with Crippen molar-refractivity contribution in [3.63, 3.8) is 0 Å². The van der Waals surface area contributed by atoms with Crippen molar-refractivity contribution >= 4 is 67.8 Å². The van der Waals surface area contributed by atoms with Gasteiger partial charge >= 0.3 is 0 Å². The molecule has 0 aliphatic rings. The van der Waals surface area contributed by atoms with Crippen molar-refractivity contribution < 1.29 is 0 Å². The monoisotopic (exact) mass is 588 g/mol. The Morgan fingerprint density at radius 1 is 0.789 bits per heavy atom. The average molecular weight is 588 g/mol. The summed E-state index contributed by atoms with van der Waals surface area (Å²) in [5.41, 5.74) is 2.09. The van der Waals surface area contributed by atoms with Crippen LogP contribution in [-0.2, 0) is 0 Å². The van der Waals surface area contributed by atoms with Crippen LogP contribution in [0, 0.1) is 11.0 Å². The highest BCUT2D eigenvalue weighted by molar-refractivity contribution is 14.1. The molecule has 0 aliphatic heterocycles. The van der Waals surface area contributed by atoms with Crippen molar-refractivity contribution in [2.45, 2.75) is 0 Å². The highest BCUT2D eigenvalue weighted by Crippen LogP contribution is 2.27. The molecule has 19 heavy (non-hydrogen) atoms. The van der Waals surface area contributed by atoms with Crippen LogP contribution in [0.25, 0.3) is 11.4 Å². The van der Waals surface area contributed by atoms with E-state index >= 15 is 0 Å². The van der Waals surface area contributed by atoms with Crippen LogP contribution in [-0.4, -0.2) is 19.6 Å². The molecule has 0 bridgehead atoms. The van der Waals surface area contributed by atoms with Crippen LogP contribution < -0.4 is 0 Å². The normalized spacial score (nSPS) is 10.9. The van der Waals surface area contributed by atoms with Gasteiger partial charge in [0.25, 0.3) is 0 Å². The van der Waals surface area contributed by atoms with Crippen LogP contribution in [0.3, 0.4) is 0 Å². The number of nitrogens with zero attached hydrogens (tertiary/aromatic N) is 4. The summed E-state index contributed by atoms with van der Waals surface area (Å²) >= 11 is 6.90. The molecule has 0 unspecified atom stereocenters. The van der Waals surface area contributed by atoms with E-state index in [1.807, 2.05) is 33.8 Å². The van der Waals surface area contributed by atoms with Gasteiger partial charge in [0.15, 0.2) is 0 Å². The summed E-state index contributed by atoms with van der Waals surface area (Å²) in [7, 11) is 0. The van der Waals surface area contributed by atoms with Crippen molar-refractivity contribution in [1.29, 1.82) is 0 Å². The van der Waals surface area contributed by atoms with E-state index in [4.69, 9.17) is 0 Å². The topological polar surface area (TPSA) is 35.6 Å². The first-order valence-electron chi connectivity index (χ1n) is 5.37. The summed E-state index contributed by atoms with van der Waals surface area (Å²) in [6, 6.07) is 10.1. The predicted octanol–water partition coefficient (Wildman–Crippen LogP) is 3.87. The molecule has 3 aromatic rings. The summed E-state index contributed by atoms with van der Waals surface area (Å²) in [5, 5.41) is 8.80. The Morgan fingerprint density at radius 3 is 2.00 bits per heavy atom. The fourth-order valence-corrected chi connectivity index (χ4v) is 3.59. The molecule has 2 heterocycles. The Kier molecular flexibility index (Phi) is 4.12. The summed E-state index contributed by atoms with van der Waals surface area (Å²) in [5.74, 6) is 0. The van der Waals surface area contributed by atoms with E-state index in [9.17, 15) is 0 Å². The number of hydrogen-bond acceptors (Lipinski definition) is 2. The van der Waals surface area contributed by atoms with E-state index in [2.05, 4.69) is 90.1 Å². The molecule has 4 nitrogen and oxygen atoms in total. The van der Waals surface area contributed by atoms with E-state index in [0.29, 0.717) is 0 Å². The number of rotatable bonds is 2. The van der Waals surface area contributed by atoms with E-state index in [0.717, 1.165) is 22.3 Å². The van der Waals surface area contributed by atoms with Crippen molar-refractivity contribution in [2.75, 3.05) is 0 Å². The molecule has 0 saturated heterocycles. The molecule has 0 spiro atoms. The quantitative estimate of drug-likeness (QED) is 0.427. The lowest BCUT2D eigenvalue weighted by Gasteiger charge is -2.13. The van der Waals surface area contributed by atoms with Crippen molar-refractivity contribution in [2.24, 2.45) is 0 Å². The molecular formula is C12H7I3N4. The molecule has 0 saturated carbocycles. The summed E-state index contributed by atoms with van der Waals surface area (Å²) in [6.45, 7) is 0. The molecule has 96 valence electrons. The zero-order valence-corrected chi connectivity index (χ0v) is 15.9. The first-order chi connectivity index (χ1) is 9.18. The van der Waals surface area contributed by atoms with Gasteiger partial charge in [-0.2, -0.15) is 10.2 Å². The molecule has 0 aliphatic carbocycles. The first kappa shape index (κ1) is 13.8. The minimum atomic E-state index is 1.03. The smallest absolute Gasteiger partial charge is 0.105 e. The molecular weight excluding hydrogens is 581 g/mol. The second-order valence-corrected chi connectivity index (χ2v) is 7.11. The maximum Gasteiger partial charge on any atom is 0.105 e. The summed E-state index contributed by atoms with van der Waals surface area (Å²) in [6.07, 6.45) is 3.61. The number of benzene rings is 1. The first-order valence-corrected chi connectivity index (χ1v) is 8.60. The van der Waals surface area contributed by atoms with Gasteiger partial charge in [0.2, 0.25) is 0 Å². The van der Waals surface area contributed by atoms with Crippen LogP contribution in [0.15, 0.2) is 42.7 Å². The van der Waals surface area contributed by atoms with Gasteiger partial charge in [0, 0.05) is 3.57 Å². The standard InChI is InChI=1S/C12H7I3N4/c13-8-2-1-3-9(18-10(14)4-6-16-18)12(8)19-11(15)5-7-17-19/h1-7H. The molecule has 0 fully saturated rings. The van der Waals surface area contributed by atoms with Crippen LogP contribution in [0.2, 0.25) is 0 Å². The average Bonchev–Trinajstić information content (AvgIpc) is 2.98. The minimum absolute atomic E-state index is 1.03. The highest BCUT2D eigenvalue weighted by atomic mass is 127.